The van der Waals surface area contributed by atoms with Gasteiger partial charge in [0.25, 0.3) is 0 Å². The van der Waals surface area contributed by atoms with Gasteiger partial charge in [0, 0.05) is 34.8 Å². The zero-order valence-corrected chi connectivity index (χ0v) is 14.2. The van der Waals surface area contributed by atoms with Crippen LogP contribution in [-0.2, 0) is 17.8 Å². The number of nitrogens with zero attached hydrogens (tertiary/aromatic N) is 1. The summed E-state index contributed by atoms with van der Waals surface area (Å²) in [7, 11) is 2.01. The van der Waals surface area contributed by atoms with Gasteiger partial charge in [-0.05, 0) is 43.7 Å². The Bertz CT molecular complexity index is 695. The molecule has 1 aromatic carbocycles. The number of thioether (sulfide) groups is 1. The van der Waals surface area contributed by atoms with Crippen molar-refractivity contribution in [1.82, 2.24) is 15.2 Å². The molecule has 0 bridgehead atoms. The molecule has 22 heavy (non-hydrogen) atoms. The predicted molar refractivity (Wildman–Crippen MR) is 93.1 cm³/mol. The van der Waals surface area contributed by atoms with Crippen LogP contribution in [0.15, 0.2) is 18.2 Å². The zero-order valence-electron chi connectivity index (χ0n) is 13.4. The molecule has 1 aromatic heterocycles. The molecule has 1 aliphatic heterocycles. The minimum atomic E-state index is 0.00872. The SMILES string of the molecule is CCc1[nH]c2ccc(CNC(=O)[C@@H]3CSCN3C)cc2c1C. The fraction of sp³-hybridized carbons (Fsp3) is 0.471. The van der Waals surface area contributed by atoms with E-state index in [0.717, 1.165) is 23.6 Å². The second kappa shape index (κ2) is 6.34. The van der Waals surface area contributed by atoms with E-state index in [1.165, 1.54) is 22.2 Å². The summed E-state index contributed by atoms with van der Waals surface area (Å²) in [4.78, 5) is 17.8. The van der Waals surface area contributed by atoms with Gasteiger partial charge in [-0.1, -0.05) is 13.0 Å². The van der Waals surface area contributed by atoms with Gasteiger partial charge >= 0.3 is 0 Å². The molecule has 2 N–H and O–H groups in total. The van der Waals surface area contributed by atoms with Crippen molar-refractivity contribution in [2.45, 2.75) is 32.9 Å². The van der Waals surface area contributed by atoms with Crippen LogP contribution < -0.4 is 5.32 Å². The van der Waals surface area contributed by atoms with Gasteiger partial charge in [0.2, 0.25) is 5.91 Å². The highest BCUT2D eigenvalue weighted by atomic mass is 32.2. The average Bonchev–Trinajstić information content (AvgIpc) is 3.08. The Balaban J connectivity index is 1.71. The molecule has 2 heterocycles. The highest BCUT2D eigenvalue weighted by Gasteiger charge is 2.27. The minimum absolute atomic E-state index is 0.00872. The van der Waals surface area contributed by atoms with Crippen LogP contribution in [0.2, 0.25) is 0 Å². The third kappa shape index (κ3) is 2.88. The summed E-state index contributed by atoms with van der Waals surface area (Å²) < 4.78 is 0. The van der Waals surface area contributed by atoms with Crippen LogP contribution in [0.25, 0.3) is 10.9 Å². The van der Waals surface area contributed by atoms with Crippen LogP contribution in [0.5, 0.6) is 0 Å². The number of aromatic amines is 1. The molecule has 1 amide bonds. The number of likely N-dealkylation sites (N-methyl/N-ethyl adjacent to an activating group) is 1. The lowest BCUT2D eigenvalue weighted by Crippen LogP contribution is -2.42. The zero-order chi connectivity index (χ0) is 15.7. The molecule has 1 fully saturated rings. The van der Waals surface area contributed by atoms with Gasteiger partial charge < -0.3 is 10.3 Å². The van der Waals surface area contributed by atoms with E-state index < -0.39 is 0 Å². The van der Waals surface area contributed by atoms with E-state index in [1.807, 2.05) is 18.8 Å². The van der Waals surface area contributed by atoms with Crippen molar-refractivity contribution in [2.24, 2.45) is 0 Å². The maximum atomic E-state index is 12.2. The maximum absolute atomic E-state index is 12.2. The Hall–Kier alpha value is -1.46. The standard InChI is InChI=1S/C17H23N3OS/c1-4-14-11(2)13-7-12(5-6-15(13)19-14)8-18-17(21)16-9-22-10-20(16)3/h5-7,16,19H,4,8-10H2,1-3H3,(H,18,21)/t16-/m0/s1. The van der Waals surface area contributed by atoms with E-state index in [1.54, 1.807) is 0 Å². The number of carbonyl (C=O) groups excluding carboxylic acids is 1. The first-order chi connectivity index (χ1) is 10.6. The summed E-state index contributed by atoms with van der Waals surface area (Å²) in [5.74, 6) is 1.96. The van der Waals surface area contributed by atoms with E-state index in [9.17, 15) is 4.79 Å². The fourth-order valence-electron chi connectivity index (χ4n) is 3.00. The van der Waals surface area contributed by atoms with Crippen molar-refractivity contribution in [1.29, 1.82) is 0 Å². The molecule has 4 nitrogen and oxygen atoms in total. The molecule has 1 aliphatic rings. The molecule has 118 valence electrons. The van der Waals surface area contributed by atoms with Gasteiger partial charge in [-0.15, -0.1) is 11.8 Å². The number of aryl methyl sites for hydroxylation is 2. The van der Waals surface area contributed by atoms with E-state index >= 15 is 0 Å². The second-order valence-corrected chi connectivity index (χ2v) is 6.95. The molecule has 0 radical (unpaired) electrons. The monoisotopic (exact) mass is 317 g/mol. The molecule has 0 unspecified atom stereocenters. The molecule has 0 aliphatic carbocycles. The molecule has 5 heteroatoms. The van der Waals surface area contributed by atoms with Crippen LogP contribution >= 0.6 is 11.8 Å². The molecular formula is C17H23N3OS. The molecule has 2 aromatic rings. The fourth-order valence-corrected chi connectivity index (χ4v) is 4.20. The Kier molecular flexibility index (Phi) is 4.45. The Morgan fingerprint density at radius 2 is 2.32 bits per heavy atom. The van der Waals surface area contributed by atoms with Gasteiger partial charge in [0.15, 0.2) is 0 Å². The lowest BCUT2D eigenvalue weighted by atomic mass is 10.1. The lowest BCUT2D eigenvalue weighted by molar-refractivity contribution is -0.124. The number of rotatable bonds is 4. The summed E-state index contributed by atoms with van der Waals surface area (Å²) in [6.45, 7) is 4.91. The number of hydrogen-bond acceptors (Lipinski definition) is 3. The number of carbonyl (C=O) groups is 1. The van der Waals surface area contributed by atoms with Gasteiger partial charge in [-0.2, -0.15) is 0 Å². The van der Waals surface area contributed by atoms with Crippen molar-refractivity contribution in [3.05, 3.63) is 35.0 Å². The van der Waals surface area contributed by atoms with Gasteiger partial charge in [0.05, 0.1) is 6.04 Å². The third-order valence-electron chi connectivity index (χ3n) is 4.45. The first-order valence-electron chi connectivity index (χ1n) is 7.76. The Labute approximate surface area is 135 Å². The number of nitrogens with one attached hydrogen (secondary N) is 2. The number of amides is 1. The highest BCUT2D eigenvalue weighted by molar-refractivity contribution is 7.99. The number of aromatic nitrogens is 1. The van der Waals surface area contributed by atoms with Crippen LogP contribution in [0.3, 0.4) is 0 Å². The molecule has 3 rings (SSSR count). The predicted octanol–water partition coefficient (Wildman–Crippen LogP) is 2.66. The van der Waals surface area contributed by atoms with Crippen molar-refractivity contribution >= 4 is 28.6 Å². The van der Waals surface area contributed by atoms with E-state index in [0.29, 0.717) is 6.54 Å². The summed E-state index contributed by atoms with van der Waals surface area (Å²) in [5.41, 5.74) is 4.94. The van der Waals surface area contributed by atoms with E-state index in [-0.39, 0.29) is 11.9 Å². The number of benzene rings is 1. The molecular weight excluding hydrogens is 294 g/mol. The summed E-state index contributed by atoms with van der Waals surface area (Å²) >= 11 is 1.81. The van der Waals surface area contributed by atoms with Crippen molar-refractivity contribution in [3.63, 3.8) is 0 Å². The average molecular weight is 317 g/mol. The summed E-state index contributed by atoms with van der Waals surface area (Å²) in [6, 6.07) is 6.40. The molecule has 0 spiro atoms. The molecule has 0 saturated carbocycles. The molecule has 1 atom stereocenters. The lowest BCUT2D eigenvalue weighted by Gasteiger charge is -2.17. The van der Waals surface area contributed by atoms with Crippen LogP contribution in [0, 0.1) is 6.92 Å². The summed E-state index contributed by atoms with van der Waals surface area (Å²) in [5, 5.41) is 4.33. The van der Waals surface area contributed by atoms with Crippen molar-refractivity contribution in [2.75, 3.05) is 18.7 Å². The summed E-state index contributed by atoms with van der Waals surface area (Å²) in [6.07, 6.45) is 1.01. The minimum Gasteiger partial charge on any atom is -0.358 e. The maximum Gasteiger partial charge on any atom is 0.238 e. The third-order valence-corrected chi connectivity index (χ3v) is 5.59. The van der Waals surface area contributed by atoms with Crippen LogP contribution in [-0.4, -0.2) is 40.5 Å². The topological polar surface area (TPSA) is 48.1 Å². The highest BCUT2D eigenvalue weighted by Crippen LogP contribution is 2.23. The van der Waals surface area contributed by atoms with E-state index in [4.69, 9.17) is 0 Å². The quantitative estimate of drug-likeness (QED) is 0.911. The van der Waals surface area contributed by atoms with E-state index in [2.05, 4.69) is 47.2 Å². The first-order valence-corrected chi connectivity index (χ1v) is 8.91. The smallest absolute Gasteiger partial charge is 0.238 e. The van der Waals surface area contributed by atoms with Crippen LogP contribution in [0.1, 0.15) is 23.7 Å². The first kappa shape index (κ1) is 15.4. The Morgan fingerprint density at radius 3 is 3.00 bits per heavy atom. The van der Waals surface area contributed by atoms with Crippen LogP contribution in [0.4, 0.5) is 0 Å². The van der Waals surface area contributed by atoms with Gasteiger partial charge in [-0.25, -0.2) is 0 Å². The number of hydrogen-bond donors (Lipinski definition) is 2. The van der Waals surface area contributed by atoms with Gasteiger partial charge in [0.1, 0.15) is 0 Å². The van der Waals surface area contributed by atoms with Crippen molar-refractivity contribution < 1.29 is 4.79 Å². The van der Waals surface area contributed by atoms with Crippen molar-refractivity contribution in [3.8, 4) is 0 Å². The Morgan fingerprint density at radius 1 is 1.50 bits per heavy atom. The largest absolute Gasteiger partial charge is 0.358 e. The molecule has 1 saturated heterocycles. The normalized spacial score (nSPS) is 19.0. The number of fused-ring (bicyclic) bond motifs is 1. The number of H-pyrrole nitrogens is 1. The second-order valence-electron chi connectivity index (χ2n) is 5.95. The van der Waals surface area contributed by atoms with Gasteiger partial charge in [-0.3, -0.25) is 9.69 Å².